The van der Waals surface area contributed by atoms with Gasteiger partial charge in [-0.1, -0.05) is 24.3 Å². The quantitative estimate of drug-likeness (QED) is 0.845. The normalized spacial score (nSPS) is 19.0. The monoisotopic (exact) mass is 259 g/mol. The van der Waals surface area contributed by atoms with E-state index in [9.17, 15) is 9.59 Å². The van der Waals surface area contributed by atoms with Crippen molar-refractivity contribution in [3.63, 3.8) is 0 Å². The topological polar surface area (TPSA) is 57.6 Å². The fourth-order valence-electron chi connectivity index (χ4n) is 2.32. The molecular weight excluding hydrogens is 242 g/mol. The van der Waals surface area contributed by atoms with E-state index in [4.69, 9.17) is 5.11 Å². The van der Waals surface area contributed by atoms with Gasteiger partial charge in [0.1, 0.15) is 6.04 Å². The van der Waals surface area contributed by atoms with E-state index in [2.05, 4.69) is 0 Å². The van der Waals surface area contributed by atoms with Gasteiger partial charge in [0.2, 0.25) is 5.91 Å². The average Bonchev–Trinajstić information content (AvgIpc) is 2.87. The molecule has 1 fully saturated rings. The summed E-state index contributed by atoms with van der Waals surface area (Å²) in [6.07, 6.45) is 4.50. The molecule has 1 aromatic rings. The van der Waals surface area contributed by atoms with E-state index in [0.717, 1.165) is 17.5 Å². The number of carbonyl (C=O) groups excluding carboxylic acids is 1. The van der Waals surface area contributed by atoms with Crippen LogP contribution in [0.1, 0.15) is 24.0 Å². The lowest BCUT2D eigenvalue weighted by Crippen LogP contribution is -2.39. The minimum atomic E-state index is -0.921. The van der Waals surface area contributed by atoms with Crippen LogP contribution in [0, 0.1) is 6.92 Å². The minimum Gasteiger partial charge on any atom is -0.480 e. The molecule has 1 aliphatic heterocycles. The molecule has 1 saturated heterocycles. The molecule has 0 saturated carbocycles. The van der Waals surface area contributed by atoms with Crippen LogP contribution >= 0.6 is 0 Å². The second-order valence-electron chi connectivity index (χ2n) is 4.72. The van der Waals surface area contributed by atoms with E-state index in [1.54, 1.807) is 6.08 Å². The predicted molar refractivity (Wildman–Crippen MR) is 72.6 cm³/mol. The van der Waals surface area contributed by atoms with Crippen molar-refractivity contribution in [2.45, 2.75) is 25.8 Å². The highest BCUT2D eigenvalue weighted by Gasteiger charge is 2.32. The van der Waals surface area contributed by atoms with Gasteiger partial charge < -0.3 is 10.0 Å². The molecule has 1 atom stereocenters. The summed E-state index contributed by atoms with van der Waals surface area (Å²) < 4.78 is 0. The molecule has 4 nitrogen and oxygen atoms in total. The molecular formula is C15H17NO3. The fraction of sp³-hybridized carbons (Fsp3) is 0.333. The largest absolute Gasteiger partial charge is 0.480 e. The second kappa shape index (κ2) is 5.69. The predicted octanol–water partition coefficient (Wildman–Crippen LogP) is 2.08. The summed E-state index contributed by atoms with van der Waals surface area (Å²) in [5, 5.41) is 9.04. The summed E-state index contributed by atoms with van der Waals surface area (Å²) >= 11 is 0. The van der Waals surface area contributed by atoms with Crippen LogP contribution < -0.4 is 0 Å². The highest BCUT2D eigenvalue weighted by atomic mass is 16.4. The summed E-state index contributed by atoms with van der Waals surface area (Å²) in [7, 11) is 0. The minimum absolute atomic E-state index is 0.229. The maximum Gasteiger partial charge on any atom is 0.326 e. The first-order valence-electron chi connectivity index (χ1n) is 6.36. The van der Waals surface area contributed by atoms with Crippen molar-refractivity contribution >= 4 is 18.0 Å². The molecule has 0 aliphatic carbocycles. The van der Waals surface area contributed by atoms with E-state index in [1.165, 1.54) is 11.0 Å². The molecule has 4 heteroatoms. The van der Waals surface area contributed by atoms with Gasteiger partial charge in [0, 0.05) is 12.6 Å². The smallest absolute Gasteiger partial charge is 0.326 e. The number of aryl methyl sites for hydroxylation is 1. The van der Waals surface area contributed by atoms with Gasteiger partial charge in [-0.3, -0.25) is 4.79 Å². The number of carboxylic acid groups (broad SMARTS) is 1. The number of hydrogen-bond acceptors (Lipinski definition) is 2. The number of rotatable bonds is 3. The third-order valence-corrected chi connectivity index (χ3v) is 3.41. The molecule has 1 heterocycles. The zero-order chi connectivity index (χ0) is 13.8. The number of likely N-dealkylation sites (tertiary alicyclic amines) is 1. The van der Waals surface area contributed by atoms with Crippen molar-refractivity contribution in [2.75, 3.05) is 6.54 Å². The first-order valence-corrected chi connectivity index (χ1v) is 6.36. The van der Waals surface area contributed by atoms with E-state index in [-0.39, 0.29) is 5.91 Å². The van der Waals surface area contributed by atoms with Crippen LogP contribution in [0.25, 0.3) is 6.08 Å². The number of aliphatic carboxylic acids is 1. The van der Waals surface area contributed by atoms with Crippen LogP contribution in [0.4, 0.5) is 0 Å². The average molecular weight is 259 g/mol. The van der Waals surface area contributed by atoms with Gasteiger partial charge in [-0.2, -0.15) is 0 Å². The highest BCUT2D eigenvalue weighted by Crippen LogP contribution is 2.18. The Morgan fingerprint density at radius 1 is 1.37 bits per heavy atom. The Morgan fingerprint density at radius 3 is 2.79 bits per heavy atom. The lowest BCUT2D eigenvalue weighted by molar-refractivity contribution is -0.146. The van der Waals surface area contributed by atoms with Crippen LogP contribution in [-0.2, 0) is 9.59 Å². The molecule has 1 aromatic carbocycles. The van der Waals surface area contributed by atoms with Gasteiger partial charge in [0.15, 0.2) is 0 Å². The molecule has 1 amide bonds. The van der Waals surface area contributed by atoms with Crippen LogP contribution in [0.2, 0.25) is 0 Å². The molecule has 1 aliphatic rings. The van der Waals surface area contributed by atoms with Crippen molar-refractivity contribution in [1.29, 1.82) is 0 Å². The van der Waals surface area contributed by atoms with Gasteiger partial charge in [0.25, 0.3) is 0 Å². The zero-order valence-corrected chi connectivity index (χ0v) is 10.9. The molecule has 100 valence electrons. The molecule has 0 bridgehead atoms. The summed E-state index contributed by atoms with van der Waals surface area (Å²) in [4.78, 5) is 24.5. The maximum absolute atomic E-state index is 12.0. The standard InChI is InChI=1S/C15H17NO3/c1-11-5-2-3-6-12(11)8-9-14(17)16-10-4-7-13(16)15(18)19/h2-3,5-6,8-9,13H,4,7,10H2,1H3,(H,18,19). The fourth-order valence-corrected chi connectivity index (χ4v) is 2.32. The van der Waals surface area contributed by atoms with Gasteiger partial charge in [-0.15, -0.1) is 0 Å². The number of hydrogen-bond donors (Lipinski definition) is 1. The molecule has 2 rings (SSSR count). The van der Waals surface area contributed by atoms with Gasteiger partial charge in [0.05, 0.1) is 0 Å². The van der Waals surface area contributed by atoms with Crippen molar-refractivity contribution in [3.05, 3.63) is 41.5 Å². The van der Waals surface area contributed by atoms with Gasteiger partial charge >= 0.3 is 5.97 Å². The third kappa shape index (κ3) is 3.02. The highest BCUT2D eigenvalue weighted by molar-refractivity contribution is 5.94. The van der Waals surface area contributed by atoms with Crippen LogP contribution in [0.15, 0.2) is 30.3 Å². The molecule has 0 aromatic heterocycles. The van der Waals surface area contributed by atoms with E-state index >= 15 is 0 Å². The summed E-state index contributed by atoms with van der Waals surface area (Å²) in [6, 6.07) is 7.08. The van der Waals surface area contributed by atoms with Crippen molar-refractivity contribution < 1.29 is 14.7 Å². The first-order chi connectivity index (χ1) is 9.09. The second-order valence-corrected chi connectivity index (χ2v) is 4.72. The van der Waals surface area contributed by atoms with Crippen LogP contribution in [0.5, 0.6) is 0 Å². The number of nitrogens with zero attached hydrogens (tertiary/aromatic N) is 1. The Morgan fingerprint density at radius 2 is 2.11 bits per heavy atom. The Bertz CT molecular complexity index is 522. The van der Waals surface area contributed by atoms with Gasteiger partial charge in [-0.05, 0) is 37.0 Å². The number of amides is 1. The third-order valence-electron chi connectivity index (χ3n) is 3.41. The zero-order valence-electron chi connectivity index (χ0n) is 10.9. The van der Waals surface area contributed by atoms with E-state index < -0.39 is 12.0 Å². The number of benzene rings is 1. The molecule has 19 heavy (non-hydrogen) atoms. The summed E-state index contributed by atoms with van der Waals surface area (Å²) in [5.41, 5.74) is 2.06. The summed E-state index contributed by atoms with van der Waals surface area (Å²) in [6.45, 7) is 2.49. The lowest BCUT2D eigenvalue weighted by Gasteiger charge is -2.19. The molecule has 1 N–H and O–H groups in total. The van der Waals surface area contributed by atoms with E-state index in [0.29, 0.717) is 13.0 Å². The maximum atomic E-state index is 12.0. The Hall–Kier alpha value is -2.10. The number of carboxylic acids is 1. The SMILES string of the molecule is Cc1ccccc1C=CC(=O)N1CCCC1C(=O)O. The Labute approximate surface area is 112 Å². The van der Waals surface area contributed by atoms with Crippen molar-refractivity contribution in [2.24, 2.45) is 0 Å². The summed E-state index contributed by atoms with van der Waals surface area (Å²) in [5.74, 6) is -1.15. The van der Waals surface area contributed by atoms with Crippen molar-refractivity contribution in [3.8, 4) is 0 Å². The molecule has 0 spiro atoms. The lowest BCUT2D eigenvalue weighted by atomic mass is 10.1. The Kier molecular flexibility index (Phi) is 4.00. The van der Waals surface area contributed by atoms with Crippen molar-refractivity contribution in [1.82, 2.24) is 4.90 Å². The molecule has 0 radical (unpaired) electrons. The van der Waals surface area contributed by atoms with Gasteiger partial charge in [-0.25, -0.2) is 4.79 Å². The number of carbonyl (C=O) groups is 2. The molecule has 1 unspecified atom stereocenters. The van der Waals surface area contributed by atoms with Crippen LogP contribution in [-0.4, -0.2) is 34.5 Å². The van der Waals surface area contributed by atoms with E-state index in [1.807, 2.05) is 31.2 Å². The van der Waals surface area contributed by atoms with Crippen LogP contribution in [0.3, 0.4) is 0 Å². The first kappa shape index (κ1) is 13.3. The Balaban J connectivity index is 2.09.